The molecular weight excluding hydrogens is 274 g/mol. The second-order valence-corrected chi connectivity index (χ2v) is 4.90. The minimum absolute atomic E-state index is 0.109. The highest BCUT2D eigenvalue weighted by molar-refractivity contribution is 5.94. The molecule has 1 rings (SSSR count). The fourth-order valence-electron chi connectivity index (χ4n) is 1.91. The van der Waals surface area contributed by atoms with Gasteiger partial charge in [-0.1, -0.05) is 26.8 Å². The lowest BCUT2D eigenvalue weighted by atomic mass is 10.0. The molecule has 0 saturated carbocycles. The summed E-state index contributed by atoms with van der Waals surface area (Å²) in [5.41, 5.74) is -2.01. The smallest absolute Gasteiger partial charge is 0.349 e. The van der Waals surface area contributed by atoms with Crippen LogP contribution in [0.4, 0.5) is 17.6 Å². The van der Waals surface area contributed by atoms with Gasteiger partial charge in [0.05, 0.1) is 11.1 Å². The molecule has 20 heavy (non-hydrogen) atoms. The van der Waals surface area contributed by atoms with E-state index < -0.39 is 29.0 Å². The van der Waals surface area contributed by atoms with E-state index in [9.17, 15) is 22.4 Å². The van der Waals surface area contributed by atoms with Gasteiger partial charge in [-0.3, -0.25) is 4.79 Å². The predicted octanol–water partition coefficient (Wildman–Crippen LogP) is 4.01. The fraction of sp³-hybridized carbons (Fsp3) is 0.500. The lowest BCUT2D eigenvalue weighted by Crippen LogP contribution is -2.38. The zero-order valence-corrected chi connectivity index (χ0v) is 11.5. The van der Waals surface area contributed by atoms with Gasteiger partial charge < -0.3 is 5.32 Å². The molecule has 1 atom stereocenters. The van der Waals surface area contributed by atoms with Gasteiger partial charge in [-0.05, 0) is 24.5 Å². The number of benzene rings is 1. The van der Waals surface area contributed by atoms with E-state index in [0.29, 0.717) is 12.5 Å². The maximum absolute atomic E-state index is 13.8. The van der Waals surface area contributed by atoms with Crippen molar-refractivity contribution in [3.05, 3.63) is 35.1 Å². The van der Waals surface area contributed by atoms with E-state index in [1.54, 1.807) is 0 Å². The first-order valence-corrected chi connectivity index (χ1v) is 6.35. The highest BCUT2D eigenvalue weighted by atomic mass is 19.4. The Morgan fingerprint density at radius 2 is 1.90 bits per heavy atom. The standard InChI is InChI=1S/C14H17F4NO/c1-4-11(8(2)3)19-13(20)9-6-5-7-10(12(9)15)14(16,17)18/h5-8,11H,4H2,1-3H3,(H,19,20). The second kappa shape index (κ2) is 6.24. The molecule has 2 nitrogen and oxygen atoms in total. The SMILES string of the molecule is CCC(NC(=O)c1cccc(C(F)(F)F)c1F)C(C)C. The van der Waals surface area contributed by atoms with Crippen molar-refractivity contribution in [2.75, 3.05) is 0 Å². The number of alkyl halides is 3. The van der Waals surface area contributed by atoms with Crippen LogP contribution in [0.15, 0.2) is 18.2 Å². The van der Waals surface area contributed by atoms with Gasteiger partial charge in [0.15, 0.2) is 0 Å². The van der Waals surface area contributed by atoms with Crippen molar-refractivity contribution in [1.82, 2.24) is 5.32 Å². The molecule has 0 aromatic heterocycles. The molecule has 6 heteroatoms. The highest BCUT2D eigenvalue weighted by Crippen LogP contribution is 2.32. The fourth-order valence-corrected chi connectivity index (χ4v) is 1.91. The number of carbonyl (C=O) groups excluding carboxylic acids is 1. The summed E-state index contributed by atoms with van der Waals surface area (Å²) in [6.07, 6.45) is -4.20. The Labute approximate surface area is 115 Å². The van der Waals surface area contributed by atoms with Gasteiger partial charge in [0.1, 0.15) is 5.82 Å². The van der Waals surface area contributed by atoms with Gasteiger partial charge in [0.25, 0.3) is 5.91 Å². The summed E-state index contributed by atoms with van der Waals surface area (Å²) < 4.78 is 51.5. The maximum atomic E-state index is 13.8. The van der Waals surface area contributed by atoms with E-state index >= 15 is 0 Å². The summed E-state index contributed by atoms with van der Waals surface area (Å²) in [5, 5.41) is 2.56. The summed E-state index contributed by atoms with van der Waals surface area (Å²) >= 11 is 0. The maximum Gasteiger partial charge on any atom is 0.419 e. The molecule has 1 N–H and O–H groups in total. The summed E-state index contributed by atoms with van der Waals surface area (Å²) in [6.45, 7) is 5.58. The number of halogens is 4. The Morgan fingerprint density at radius 3 is 2.35 bits per heavy atom. The lowest BCUT2D eigenvalue weighted by molar-refractivity contribution is -0.140. The molecule has 1 amide bonds. The molecule has 0 bridgehead atoms. The zero-order valence-electron chi connectivity index (χ0n) is 11.5. The van der Waals surface area contributed by atoms with E-state index in [2.05, 4.69) is 5.32 Å². The van der Waals surface area contributed by atoms with Crippen LogP contribution in [0.1, 0.15) is 43.1 Å². The Hall–Kier alpha value is -1.59. The third-order valence-corrected chi connectivity index (χ3v) is 3.11. The summed E-state index contributed by atoms with van der Waals surface area (Å²) in [4.78, 5) is 11.9. The van der Waals surface area contributed by atoms with Gasteiger partial charge in [-0.15, -0.1) is 0 Å². The average molecular weight is 291 g/mol. The van der Waals surface area contributed by atoms with Crippen molar-refractivity contribution in [3.8, 4) is 0 Å². The Morgan fingerprint density at radius 1 is 1.30 bits per heavy atom. The third kappa shape index (κ3) is 3.71. The minimum atomic E-state index is -4.82. The van der Waals surface area contributed by atoms with Crippen LogP contribution < -0.4 is 5.32 Å². The summed E-state index contributed by atoms with van der Waals surface area (Å²) in [7, 11) is 0. The van der Waals surface area contributed by atoms with Crippen LogP contribution in [0.3, 0.4) is 0 Å². The quantitative estimate of drug-likeness (QED) is 0.834. The second-order valence-electron chi connectivity index (χ2n) is 4.90. The molecule has 1 aromatic carbocycles. The highest BCUT2D eigenvalue weighted by Gasteiger charge is 2.35. The number of nitrogens with one attached hydrogen (secondary N) is 1. The van der Waals surface area contributed by atoms with Gasteiger partial charge in [-0.2, -0.15) is 13.2 Å². The summed E-state index contributed by atoms with van der Waals surface area (Å²) in [6, 6.07) is 2.48. The van der Waals surface area contributed by atoms with Crippen molar-refractivity contribution < 1.29 is 22.4 Å². The van der Waals surface area contributed by atoms with E-state index in [4.69, 9.17) is 0 Å². The van der Waals surface area contributed by atoms with Gasteiger partial charge >= 0.3 is 6.18 Å². The largest absolute Gasteiger partial charge is 0.419 e. The van der Waals surface area contributed by atoms with Crippen LogP contribution in [0.5, 0.6) is 0 Å². The molecule has 0 radical (unpaired) electrons. The molecule has 112 valence electrons. The Bertz CT molecular complexity index is 483. The van der Waals surface area contributed by atoms with Crippen molar-refractivity contribution in [2.24, 2.45) is 5.92 Å². The Balaban J connectivity index is 3.06. The molecule has 0 spiro atoms. The summed E-state index contributed by atoms with van der Waals surface area (Å²) in [5.74, 6) is -2.25. The molecule has 1 aromatic rings. The first-order valence-electron chi connectivity index (χ1n) is 6.35. The van der Waals surface area contributed by atoms with Crippen molar-refractivity contribution in [1.29, 1.82) is 0 Å². The van der Waals surface area contributed by atoms with Gasteiger partial charge in [0, 0.05) is 6.04 Å². The van der Waals surface area contributed by atoms with E-state index in [1.807, 2.05) is 20.8 Å². The monoisotopic (exact) mass is 291 g/mol. The molecule has 1 unspecified atom stereocenters. The number of rotatable bonds is 4. The number of amides is 1. The first kappa shape index (κ1) is 16.5. The van der Waals surface area contributed by atoms with Crippen LogP contribution in [0.25, 0.3) is 0 Å². The van der Waals surface area contributed by atoms with Crippen molar-refractivity contribution in [3.63, 3.8) is 0 Å². The van der Waals surface area contributed by atoms with Crippen LogP contribution in [-0.2, 0) is 6.18 Å². The molecule has 0 aliphatic heterocycles. The molecule has 0 aliphatic rings. The Kier molecular flexibility index (Phi) is 5.14. The van der Waals surface area contributed by atoms with E-state index in [-0.39, 0.29) is 12.0 Å². The molecule has 0 saturated heterocycles. The molecular formula is C14H17F4NO. The minimum Gasteiger partial charge on any atom is -0.349 e. The molecule has 0 fully saturated rings. The van der Waals surface area contributed by atoms with Gasteiger partial charge in [-0.25, -0.2) is 4.39 Å². The van der Waals surface area contributed by atoms with E-state index in [1.165, 1.54) is 0 Å². The van der Waals surface area contributed by atoms with Crippen LogP contribution in [0, 0.1) is 11.7 Å². The van der Waals surface area contributed by atoms with Crippen molar-refractivity contribution in [2.45, 2.75) is 39.4 Å². The van der Waals surface area contributed by atoms with Crippen molar-refractivity contribution >= 4 is 5.91 Å². The lowest BCUT2D eigenvalue weighted by Gasteiger charge is -2.21. The van der Waals surface area contributed by atoms with Gasteiger partial charge in [0.2, 0.25) is 0 Å². The topological polar surface area (TPSA) is 29.1 Å². The first-order chi connectivity index (χ1) is 9.18. The number of hydrogen-bond acceptors (Lipinski definition) is 1. The van der Waals surface area contributed by atoms with Crippen LogP contribution >= 0.6 is 0 Å². The van der Waals surface area contributed by atoms with Crippen LogP contribution in [0.2, 0.25) is 0 Å². The molecule has 0 aliphatic carbocycles. The predicted molar refractivity (Wildman–Crippen MR) is 67.8 cm³/mol. The normalized spacial score (nSPS) is 13.4. The third-order valence-electron chi connectivity index (χ3n) is 3.11. The average Bonchev–Trinajstić information content (AvgIpc) is 2.34. The van der Waals surface area contributed by atoms with E-state index in [0.717, 1.165) is 12.1 Å². The number of carbonyl (C=O) groups is 1. The zero-order chi connectivity index (χ0) is 15.5. The number of hydrogen-bond donors (Lipinski definition) is 1. The molecule has 0 heterocycles. The van der Waals surface area contributed by atoms with Crippen LogP contribution in [-0.4, -0.2) is 11.9 Å².